The van der Waals surface area contributed by atoms with Crippen molar-refractivity contribution in [2.75, 3.05) is 57.2 Å². The molecule has 1 fully saturated rings. The Kier molecular flexibility index (Phi) is 7.71. The van der Waals surface area contributed by atoms with E-state index in [-0.39, 0.29) is 18.9 Å². The zero-order valence-electron chi connectivity index (χ0n) is 17.4. The lowest BCUT2D eigenvalue weighted by Gasteiger charge is -2.34. The maximum atomic E-state index is 12.5. The first kappa shape index (κ1) is 22.4. The van der Waals surface area contributed by atoms with E-state index in [1.165, 1.54) is 14.2 Å². The highest BCUT2D eigenvalue weighted by atomic mass is 35.5. The Balaban J connectivity index is 1.43. The minimum absolute atomic E-state index is 0.0142. The fourth-order valence-corrected chi connectivity index (χ4v) is 3.41. The van der Waals surface area contributed by atoms with E-state index in [1.807, 2.05) is 4.90 Å². The van der Waals surface area contributed by atoms with Gasteiger partial charge in [0.05, 0.1) is 24.9 Å². The lowest BCUT2D eigenvalue weighted by Crippen LogP contribution is -2.49. The highest BCUT2D eigenvalue weighted by Gasteiger charge is 2.22. The van der Waals surface area contributed by atoms with Crippen molar-refractivity contribution in [1.82, 2.24) is 20.2 Å². The summed E-state index contributed by atoms with van der Waals surface area (Å²) in [6, 6.07) is 4.44. The van der Waals surface area contributed by atoms with Crippen molar-refractivity contribution in [1.29, 1.82) is 0 Å². The van der Waals surface area contributed by atoms with Crippen LogP contribution in [-0.2, 0) is 4.79 Å². The van der Waals surface area contributed by atoms with Gasteiger partial charge in [0.1, 0.15) is 11.5 Å². The van der Waals surface area contributed by atoms with Crippen molar-refractivity contribution in [2.24, 2.45) is 0 Å². The van der Waals surface area contributed by atoms with Gasteiger partial charge in [0.25, 0.3) is 0 Å². The van der Waals surface area contributed by atoms with Crippen LogP contribution in [0.25, 0.3) is 0 Å². The summed E-state index contributed by atoms with van der Waals surface area (Å²) in [4.78, 5) is 37.0. The number of nitrogens with one attached hydrogen (secondary N) is 2. The van der Waals surface area contributed by atoms with Crippen LogP contribution < -0.4 is 25.0 Å². The molecule has 0 saturated carbocycles. The number of carbonyl (C=O) groups excluding carboxylic acids is 2. The number of methoxy groups -OCH3 is 2. The molecule has 0 aliphatic carbocycles. The molecule has 3 amide bonds. The Morgan fingerprint density at radius 2 is 1.74 bits per heavy atom. The number of aromatic nitrogens is 2. The zero-order valence-corrected chi connectivity index (χ0v) is 18.2. The smallest absolute Gasteiger partial charge is 0.319 e. The van der Waals surface area contributed by atoms with Crippen LogP contribution >= 0.6 is 11.6 Å². The molecule has 1 aromatic heterocycles. The summed E-state index contributed by atoms with van der Waals surface area (Å²) in [5, 5.41) is 5.73. The summed E-state index contributed by atoms with van der Waals surface area (Å²) in [6.07, 6.45) is 3.61. The summed E-state index contributed by atoms with van der Waals surface area (Å²) in [7, 11) is 2.96. The van der Waals surface area contributed by atoms with E-state index in [0.29, 0.717) is 54.3 Å². The van der Waals surface area contributed by atoms with Crippen LogP contribution in [0.15, 0.2) is 30.6 Å². The van der Waals surface area contributed by atoms with Crippen LogP contribution in [0, 0.1) is 0 Å². The van der Waals surface area contributed by atoms with Crippen LogP contribution in [0.5, 0.6) is 11.5 Å². The van der Waals surface area contributed by atoms with Crippen LogP contribution in [-0.4, -0.2) is 73.7 Å². The molecule has 0 spiro atoms. The molecule has 2 N–H and O–H groups in total. The Labute approximate surface area is 185 Å². The van der Waals surface area contributed by atoms with E-state index in [1.54, 1.807) is 35.5 Å². The number of ether oxygens (including phenoxy) is 2. The normalized spacial score (nSPS) is 13.5. The number of rotatable bonds is 7. The first-order valence-electron chi connectivity index (χ1n) is 9.78. The molecule has 31 heavy (non-hydrogen) atoms. The van der Waals surface area contributed by atoms with Gasteiger partial charge in [-0.3, -0.25) is 4.79 Å². The van der Waals surface area contributed by atoms with Gasteiger partial charge in [-0.1, -0.05) is 11.6 Å². The number of hydrogen-bond donors (Lipinski definition) is 2. The average Bonchev–Trinajstić information content (AvgIpc) is 2.80. The number of amides is 3. The lowest BCUT2D eigenvalue weighted by atomic mass is 10.2. The maximum Gasteiger partial charge on any atom is 0.319 e. The molecule has 3 rings (SSSR count). The Morgan fingerprint density at radius 1 is 1.06 bits per heavy atom. The van der Waals surface area contributed by atoms with Crippen molar-refractivity contribution in [2.45, 2.75) is 6.42 Å². The number of urea groups is 1. The largest absolute Gasteiger partial charge is 0.495 e. The fourth-order valence-electron chi connectivity index (χ4n) is 3.18. The van der Waals surface area contributed by atoms with Gasteiger partial charge in [0, 0.05) is 63.7 Å². The Bertz CT molecular complexity index is 906. The van der Waals surface area contributed by atoms with Crippen molar-refractivity contribution in [3.8, 4) is 11.5 Å². The molecular weight excluding hydrogens is 424 g/mol. The molecule has 0 unspecified atom stereocenters. The van der Waals surface area contributed by atoms with Gasteiger partial charge < -0.3 is 29.9 Å². The summed E-state index contributed by atoms with van der Waals surface area (Å²) >= 11 is 6.07. The number of piperazine rings is 1. The third-order valence-corrected chi connectivity index (χ3v) is 5.11. The second-order valence-corrected chi connectivity index (χ2v) is 7.14. The Hall–Kier alpha value is -3.27. The average molecular weight is 449 g/mol. The van der Waals surface area contributed by atoms with Crippen molar-refractivity contribution in [3.05, 3.63) is 35.6 Å². The van der Waals surface area contributed by atoms with Gasteiger partial charge in [-0.25, -0.2) is 14.8 Å². The van der Waals surface area contributed by atoms with Gasteiger partial charge in [0.2, 0.25) is 11.9 Å². The number of halogens is 1. The van der Waals surface area contributed by atoms with E-state index in [2.05, 4.69) is 20.6 Å². The lowest BCUT2D eigenvalue weighted by molar-refractivity contribution is -0.131. The fraction of sp³-hybridized carbons (Fsp3) is 0.400. The van der Waals surface area contributed by atoms with Crippen molar-refractivity contribution in [3.63, 3.8) is 0 Å². The van der Waals surface area contributed by atoms with E-state index in [9.17, 15) is 9.59 Å². The van der Waals surface area contributed by atoms with E-state index in [4.69, 9.17) is 21.1 Å². The topological polar surface area (TPSA) is 109 Å². The number of anilines is 2. The van der Waals surface area contributed by atoms with Crippen molar-refractivity contribution >= 4 is 35.2 Å². The first-order chi connectivity index (χ1) is 15.0. The van der Waals surface area contributed by atoms with Crippen LogP contribution in [0.1, 0.15) is 6.42 Å². The van der Waals surface area contributed by atoms with E-state index < -0.39 is 6.03 Å². The summed E-state index contributed by atoms with van der Waals surface area (Å²) in [5.74, 6) is 1.46. The third-order valence-electron chi connectivity index (χ3n) is 4.81. The summed E-state index contributed by atoms with van der Waals surface area (Å²) in [6.45, 7) is 2.72. The monoisotopic (exact) mass is 448 g/mol. The quantitative estimate of drug-likeness (QED) is 0.666. The minimum Gasteiger partial charge on any atom is -0.495 e. The van der Waals surface area contributed by atoms with Gasteiger partial charge in [-0.15, -0.1) is 0 Å². The van der Waals surface area contributed by atoms with Crippen LogP contribution in [0.4, 0.5) is 16.4 Å². The van der Waals surface area contributed by atoms with Crippen LogP contribution in [0.3, 0.4) is 0 Å². The summed E-state index contributed by atoms with van der Waals surface area (Å²) in [5.41, 5.74) is 0.409. The second-order valence-electron chi connectivity index (χ2n) is 6.73. The molecule has 1 saturated heterocycles. The highest BCUT2D eigenvalue weighted by molar-refractivity contribution is 6.32. The molecule has 0 atom stereocenters. The molecule has 1 aliphatic heterocycles. The number of hydrogen-bond acceptors (Lipinski definition) is 7. The first-order valence-corrected chi connectivity index (χ1v) is 10.2. The summed E-state index contributed by atoms with van der Waals surface area (Å²) < 4.78 is 10.4. The van der Waals surface area contributed by atoms with Crippen LogP contribution in [0.2, 0.25) is 5.02 Å². The minimum atomic E-state index is -0.457. The maximum absolute atomic E-state index is 12.5. The van der Waals surface area contributed by atoms with E-state index in [0.717, 1.165) is 0 Å². The molecule has 10 nitrogen and oxygen atoms in total. The molecular formula is C20H25ClN6O4. The highest BCUT2D eigenvalue weighted by Crippen LogP contribution is 2.35. The molecule has 11 heteroatoms. The molecule has 1 aliphatic rings. The molecule has 2 heterocycles. The van der Waals surface area contributed by atoms with Gasteiger partial charge in [0.15, 0.2) is 0 Å². The second kappa shape index (κ2) is 10.7. The van der Waals surface area contributed by atoms with Gasteiger partial charge >= 0.3 is 6.03 Å². The SMILES string of the molecule is COc1cc(NC(=O)NCCC(=O)N2CCN(c3ncccn3)CC2)c(OC)cc1Cl. The molecule has 0 radical (unpaired) electrons. The van der Waals surface area contributed by atoms with Gasteiger partial charge in [-0.05, 0) is 6.07 Å². The number of nitrogens with zero attached hydrogens (tertiary/aromatic N) is 4. The zero-order chi connectivity index (χ0) is 22.2. The van der Waals surface area contributed by atoms with E-state index >= 15 is 0 Å². The molecule has 166 valence electrons. The third kappa shape index (κ3) is 5.88. The Morgan fingerprint density at radius 3 is 2.39 bits per heavy atom. The predicted molar refractivity (Wildman–Crippen MR) is 117 cm³/mol. The number of carbonyl (C=O) groups is 2. The van der Waals surface area contributed by atoms with Gasteiger partial charge in [-0.2, -0.15) is 0 Å². The molecule has 0 bridgehead atoms. The standard InChI is InChI=1S/C20H25ClN6O4/c1-30-16-13-15(17(31-2)12-14(16)21)25-20(29)24-7-4-18(28)26-8-10-27(11-9-26)19-22-5-3-6-23-19/h3,5-6,12-13H,4,7-11H2,1-2H3,(H2,24,25,29). The number of benzene rings is 1. The molecule has 2 aromatic rings. The predicted octanol–water partition coefficient (Wildman–Crippen LogP) is 2.01. The molecule has 1 aromatic carbocycles. The van der Waals surface area contributed by atoms with Crippen molar-refractivity contribution < 1.29 is 19.1 Å².